The third kappa shape index (κ3) is 4.50. The minimum absolute atomic E-state index is 0.0118. The molecule has 7 heteroatoms. The van der Waals surface area contributed by atoms with Gasteiger partial charge in [0.05, 0.1) is 19.4 Å². The molecule has 0 N–H and O–H groups in total. The third-order valence-electron chi connectivity index (χ3n) is 3.84. The Morgan fingerprint density at radius 3 is 2.73 bits per heavy atom. The first-order valence-corrected chi connectivity index (χ1v) is 8.48. The molecular formula is C19H21N3O4. The molecule has 1 aromatic carbocycles. The molecule has 0 aliphatic rings. The minimum atomic E-state index is -0.0118. The molecule has 3 rings (SSSR count). The van der Waals surface area contributed by atoms with Crippen LogP contribution < -0.4 is 4.74 Å². The molecule has 3 aromatic rings. The number of aromatic nitrogens is 2. The number of rotatable bonds is 8. The molecular weight excluding hydrogens is 334 g/mol. The number of benzene rings is 1. The monoisotopic (exact) mass is 355 g/mol. The van der Waals surface area contributed by atoms with Crippen molar-refractivity contribution >= 4 is 5.91 Å². The summed E-state index contributed by atoms with van der Waals surface area (Å²) in [6.07, 6.45) is 2.28. The van der Waals surface area contributed by atoms with Crippen LogP contribution in [0, 0.1) is 0 Å². The van der Waals surface area contributed by atoms with Gasteiger partial charge in [-0.1, -0.05) is 5.16 Å². The number of nitrogens with zero attached hydrogens (tertiary/aromatic N) is 3. The number of ether oxygens (including phenoxy) is 1. The number of hydrogen-bond acceptors (Lipinski definition) is 6. The summed E-state index contributed by atoms with van der Waals surface area (Å²) in [4.78, 5) is 18.2. The Labute approximate surface area is 151 Å². The number of hydrogen-bond donors (Lipinski definition) is 0. The summed E-state index contributed by atoms with van der Waals surface area (Å²) >= 11 is 0. The molecule has 0 atom stereocenters. The van der Waals surface area contributed by atoms with Gasteiger partial charge in [0, 0.05) is 25.5 Å². The van der Waals surface area contributed by atoms with Gasteiger partial charge in [0.2, 0.25) is 17.6 Å². The van der Waals surface area contributed by atoms with Gasteiger partial charge in [0.15, 0.2) is 0 Å². The van der Waals surface area contributed by atoms with E-state index < -0.39 is 0 Å². The SMILES string of the molecule is CCOc1ccc(-c2noc(CCC(=O)N(C)Cc3ccco3)n2)cc1. The lowest BCUT2D eigenvalue weighted by molar-refractivity contribution is -0.130. The van der Waals surface area contributed by atoms with E-state index in [1.54, 1.807) is 24.3 Å². The smallest absolute Gasteiger partial charge is 0.227 e. The molecule has 0 unspecified atom stereocenters. The molecule has 0 radical (unpaired) electrons. The molecule has 0 aliphatic carbocycles. The quantitative estimate of drug-likeness (QED) is 0.616. The average molecular weight is 355 g/mol. The molecule has 136 valence electrons. The minimum Gasteiger partial charge on any atom is -0.494 e. The van der Waals surface area contributed by atoms with Gasteiger partial charge in [-0.05, 0) is 43.3 Å². The molecule has 0 saturated carbocycles. The second-order valence-electron chi connectivity index (χ2n) is 5.80. The maximum atomic E-state index is 12.2. The highest BCUT2D eigenvalue weighted by Gasteiger charge is 2.14. The van der Waals surface area contributed by atoms with E-state index >= 15 is 0 Å². The first-order valence-electron chi connectivity index (χ1n) is 8.48. The van der Waals surface area contributed by atoms with Gasteiger partial charge in [-0.25, -0.2) is 0 Å². The van der Waals surface area contributed by atoms with E-state index in [2.05, 4.69) is 10.1 Å². The van der Waals surface area contributed by atoms with Gasteiger partial charge in [0.25, 0.3) is 0 Å². The third-order valence-corrected chi connectivity index (χ3v) is 3.84. The van der Waals surface area contributed by atoms with Gasteiger partial charge < -0.3 is 18.6 Å². The van der Waals surface area contributed by atoms with Gasteiger partial charge in [-0.2, -0.15) is 4.98 Å². The largest absolute Gasteiger partial charge is 0.494 e. The van der Waals surface area contributed by atoms with Crippen molar-refractivity contribution in [1.82, 2.24) is 15.0 Å². The van der Waals surface area contributed by atoms with Crippen molar-refractivity contribution in [2.75, 3.05) is 13.7 Å². The van der Waals surface area contributed by atoms with Gasteiger partial charge in [-0.15, -0.1) is 0 Å². The van der Waals surface area contributed by atoms with Crippen molar-refractivity contribution in [3.8, 4) is 17.1 Å². The molecule has 2 heterocycles. The van der Waals surface area contributed by atoms with Crippen molar-refractivity contribution in [2.45, 2.75) is 26.3 Å². The number of carbonyl (C=O) groups is 1. The van der Waals surface area contributed by atoms with Crippen LogP contribution in [-0.2, 0) is 17.8 Å². The summed E-state index contributed by atoms with van der Waals surface area (Å²) in [5, 5.41) is 3.98. The predicted molar refractivity (Wildman–Crippen MR) is 94.4 cm³/mol. The number of carbonyl (C=O) groups excluding carboxylic acids is 1. The van der Waals surface area contributed by atoms with Gasteiger partial charge >= 0.3 is 0 Å². The zero-order valence-electron chi connectivity index (χ0n) is 14.8. The van der Waals surface area contributed by atoms with E-state index in [0.717, 1.165) is 17.1 Å². The zero-order chi connectivity index (χ0) is 18.4. The van der Waals surface area contributed by atoms with Crippen LogP contribution in [-0.4, -0.2) is 34.6 Å². The van der Waals surface area contributed by atoms with Crippen molar-refractivity contribution in [1.29, 1.82) is 0 Å². The lowest BCUT2D eigenvalue weighted by Crippen LogP contribution is -2.26. The fourth-order valence-electron chi connectivity index (χ4n) is 2.47. The van der Waals surface area contributed by atoms with E-state index in [1.807, 2.05) is 37.3 Å². The summed E-state index contributed by atoms with van der Waals surface area (Å²) < 4.78 is 15.9. The summed E-state index contributed by atoms with van der Waals surface area (Å²) in [6.45, 7) is 2.99. The summed E-state index contributed by atoms with van der Waals surface area (Å²) in [5.74, 6) is 2.47. The van der Waals surface area contributed by atoms with Crippen molar-refractivity contribution < 1.29 is 18.5 Å². The van der Waals surface area contributed by atoms with Crippen LogP contribution in [0.25, 0.3) is 11.4 Å². The Morgan fingerprint density at radius 1 is 1.23 bits per heavy atom. The van der Waals surface area contributed by atoms with E-state index in [9.17, 15) is 4.79 Å². The highest BCUT2D eigenvalue weighted by molar-refractivity contribution is 5.76. The van der Waals surface area contributed by atoms with Crippen LogP contribution >= 0.6 is 0 Å². The molecule has 1 amide bonds. The molecule has 0 fully saturated rings. The standard InChI is InChI=1S/C19H21N3O4/c1-3-24-15-8-6-14(7-9-15)19-20-17(26-21-19)10-11-18(23)22(2)13-16-5-4-12-25-16/h4-9,12H,3,10-11,13H2,1-2H3. The molecule has 0 saturated heterocycles. The summed E-state index contributed by atoms with van der Waals surface area (Å²) in [7, 11) is 1.74. The maximum absolute atomic E-state index is 12.2. The lowest BCUT2D eigenvalue weighted by Gasteiger charge is -2.14. The molecule has 26 heavy (non-hydrogen) atoms. The van der Waals surface area contributed by atoms with Crippen LogP contribution in [0.3, 0.4) is 0 Å². The van der Waals surface area contributed by atoms with Crippen LogP contribution in [0.1, 0.15) is 25.0 Å². The maximum Gasteiger partial charge on any atom is 0.227 e. The normalized spacial score (nSPS) is 10.7. The topological polar surface area (TPSA) is 81.6 Å². The molecule has 0 spiro atoms. The Balaban J connectivity index is 1.54. The van der Waals surface area contributed by atoms with E-state index in [0.29, 0.717) is 37.7 Å². The second kappa shape index (κ2) is 8.33. The lowest BCUT2D eigenvalue weighted by atomic mass is 10.2. The highest BCUT2D eigenvalue weighted by Crippen LogP contribution is 2.20. The fourth-order valence-corrected chi connectivity index (χ4v) is 2.47. The van der Waals surface area contributed by atoms with Crippen molar-refractivity contribution in [2.24, 2.45) is 0 Å². The highest BCUT2D eigenvalue weighted by atomic mass is 16.5. The van der Waals surface area contributed by atoms with Gasteiger partial charge in [0.1, 0.15) is 11.5 Å². The molecule has 0 bridgehead atoms. The van der Waals surface area contributed by atoms with E-state index in [4.69, 9.17) is 13.7 Å². The van der Waals surface area contributed by atoms with E-state index in [-0.39, 0.29) is 5.91 Å². The number of furan rings is 1. The Kier molecular flexibility index (Phi) is 5.68. The van der Waals surface area contributed by atoms with Crippen molar-refractivity contribution in [3.63, 3.8) is 0 Å². The zero-order valence-corrected chi connectivity index (χ0v) is 14.8. The Hall–Kier alpha value is -3.09. The molecule has 7 nitrogen and oxygen atoms in total. The van der Waals surface area contributed by atoms with Crippen LogP contribution in [0.15, 0.2) is 51.6 Å². The molecule has 0 aliphatic heterocycles. The van der Waals surface area contributed by atoms with Crippen LogP contribution in [0.5, 0.6) is 5.75 Å². The molecule has 2 aromatic heterocycles. The Bertz CT molecular complexity index is 825. The first-order chi connectivity index (χ1) is 12.7. The average Bonchev–Trinajstić information content (AvgIpc) is 3.32. The fraction of sp³-hybridized carbons (Fsp3) is 0.316. The summed E-state index contributed by atoms with van der Waals surface area (Å²) in [5.41, 5.74) is 0.838. The van der Waals surface area contributed by atoms with Crippen LogP contribution in [0.2, 0.25) is 0 Å². The predicted octanol–water partition coefficient (Wildman–Crippen LogP) is 3.32. The number of amides is 1. The van der Waals surface area contributed by atoms with E-state index in [1.165, 1.54) is 0 Å². The van der Waals surface area contributed by atoms with Gasteiger partial charge in [-0.3, -0.25) is 4.79 Å². The number of aryl methyl sites for hydroxylation is 1. The van der Waals surface area contributed by atoms with Crippen LogP contribution in [0.4, 0.5) is 0 Å². The second-order valence-corrected chi connectivity index (χ2v) is 5.80. The summed E-state index contributed by atoms with van der Waals surface area (Å²) in [6, 6.07) is 11.1. The first kappa shape index (κ1) is 17.7. The van der Waals surface area contributed by atoms with Crippen molar-refractivity contribution in [3.05, 3.63) is 54.3 Å². The Morgan fingerprint density at radius 2 is 2.04 bits per heavy atom.